The van der Waals surface area contributed by atoms with Crippen LogP contribution in [0.3, 0.4) is 0 Å². The Morgan fingerprint density at radius 2 is 1.64 bits per heavy atom. The van der Waals surface area contributed by atoms with Crippen LogP contribution in [0.25, 0.3) is 0 Å². The third kappa shape index (κ3) is 7.66. The Morgan fingerprint density at radius 3 is 2.14 bits per heavy atom. The molecule has 8 heteroatoms. The second-order valence-electron chi connectivity index (χ2n) is 7.39. The number of nitrogens with one attached hydrogen (secondary N) is 2. The van der Waals surface area contributed by atoms with E-state index in [-0.39, 0.29) is 24.9 Å². The van der Waals surface area contributed by atoms with E-state index >= 15 is 0 Å². The molecule has 1 aromatic rings. The summed E-state index contributed by atoms with van der Waals surface area (Å²) in [5.41, 5.74) is 2.18. The average molecular weight is 394 g/mol. The highest BCUT2D eigenvalue weighted by Crippen LogP contribution is 2.18. The van der Waals surface area contributed by atoms with Gasteiger partial charge < -0.3 is 15.2 Å². The first-order valence-electron chi connectivity index (χ1n) is 9.32. The zero-order chi connectivity index (χ0) is 21.3. The van der Waals surface area contributed by atoms with Crippen molar-refractivity contribution in [3.05, 3.63) is 35.9 Å². The van der Waals surface area contributed by atoms with Crippen LogP contribution < -0.4 is 10.8 Å². The van der Waals surface area contributed by atoms with E-state index in [2.05, 4.69) is 5.32 Å². The minimum atomic E-state index is -1.74. The van der Waals surface area contributed by atoms with Crippen LogP contribution in [0.4, 0.5) is 0 Å². The first-order chi connectivity index (χ1) is 13.1. The number of benzene rings is 1. The lowest BCUT2D eigenvalue weighted by Gasteiger charge is -2.25. The molecule has 3 unspecified atom stereocenters. The fraction of sp³-hybridized carbons (Fsp3) is 0.550. The van der Waals surface area contributed by atoms with Crippen LogP contribution in [0, 0.1) is 11.8 Å². The lowest BCUT2D eigenvalue weighted by Crippen LogP contribution is -2.51. The quantitative estimate of drug-likeness (QED) is 0.268. The summed E-state index contributed by atoms with van der Waals surface area (Å²) in [5.74, 6) is -3.47. The zero-order valence-electron chi connectivity index (χ0n) is 16.7. The Morgan fingerprint density at radius 1 is 1.04 bits per heavy atom. The van der Waals surface area contributed by atoms with Crippen LogP contribution >= 0.6 is 0 Å². The molecule has 1 rings (SSSR count). The predicted octanol–water partition coefficient (Wildman–Crippen LogP) is 1.19. The second kappa shape index (κ2) is 11.4. The fourth-order valence-corrected chi connectivity index (χ4v) is 2.77. The molecule has 0 aliphatic heterocycles. The van der Waals surface area contributed by atoms with Crippen molar-refractivity contribution >= 4 is 17.8 Å². The van der Waals surface area contributed by atoms with E-state index in [9.17, 15) is 19.5 Å². The number of carbonyl (C=O) groups is 3. The van der Waals surface area contributed by atoms with Crippen molar-refractivity contribution in [3.8, 4) is 0 Å². The van der Waals surface area contributed by atoms with Crippen molar-refractivity contribution in [3.63, 3.8) is 0 Å². The van der Waals surface area contributed by atoms with E-state index in [4.69, 9.17) is 9.94 Å². The highest BCUT2D eigenvalue weighted by molar-refractivity contribution is 5.91. The van der Waals surface area contributed by atoms with Gasteiger partial charge in [0.05, 0.1) is 12.0 Å². The number of amides is 2. The normalized spacial score (nSPS) is 14.3. The number of aliphatic hydroxyl groups is 1. The van der Waals surface area contributed by atoms with Crippen molar-refractivity contribution in [2.24, 2.45) is 11.8 Å². The zero-order valence-corrected chi connectivity index (χ0v) is 16.7. The third-order valence-corrected chi connectivity index (χ3v) is 4.06. The maximum absolute atomic E-state index is 12.8. The van der Waals surface area contributed by atoms with E-state index in [1.807, 2.05) is 44.2 Å². The van der Waals surface area contributed by atoms with Gasteiger partial charge in [-0.2, -0.15) is 0 Å². The Balaban J connectivity index is 3.02. The molecule has 156 valence electrons. The summed E-state index contributed by atoms with van der Waals surface area (Å²) in [6.45, 7) is 7.07. The number of esters is 1. The van der Waals surface area contributed by atoms with Gasteiger partial charge in [-0.05, 0) is 31.7 Å². The molecule has 4 N–H and O–H groups in total. The Labute approximate surface area is 165 Å². The minimum absolute atomic E-state index is 0.00733. The molecule has 0 heterocycles. The van der Waals surface area contributed by atoms with Gasteiger partial charge in [0, 0.05) is 6.42 Å². The molecular weight excluding hydrogens is 364 g/mol. The summed E-state index contributed by atoms with van der Waals surface area (Å²) in [6, 6.07) is 8.14. The van der Waals surface area contributed by atoms with Crippen LogP contribution in [0.5, 0.6) is 0 Å². The monoisotopic (exact) mass is 394 g/mol. The van der Waals surface area contributed by atoms with Crippen LogP contribution in [0.2, 0.25) is 0 Å². The number of hydroxylamine groups is 1. The van der Waals surface area contributed by atoms with Gasteiger partial charge in [-0.1, -0.05) is 44.2 Å². The number of aliphatic hydroxyl groups excluding tert-OH is 1. The highest BCUT2D eigenvalue weighted by Gasteiger charge is 2.35. The maximum atomic E-state index is 12.8. The lowest BCUT2D eigenvalue weighted by atomic mass is 9.90. The van der Waals surface area contributed by atoms with E-state index in [0.29, 0.717) is 0 Å². The molecule has 3 atom stereocenters. The molecule has 0 radical (unpaired) electrons. The van der Waals surface area contributed by atoms with Crippen molar-refractivity contribution in [2.45, 2.75) is 58.8 Å². The highest BCUT2D eigenvalue weighted by atomic mass is 16.5. The number of carbonyl (C=O) groups excluding carboxylic acids is 3. The molecule has 8 nitrogen and oxygen atoms in total. The summed E-state index contributed by atoms with van der Waals surface area (Å²) in [7, 11) is 0. The van der Waals surface area contributed by atoms with E-state index in [0.717, 1.165) is 5.56 Å². The molecular formula is C20H30N2O6. The molecule has 0 aliphatic carbocycles. The number of hydrogen-bond acceptors (Lipinski definition) is 6. The summed E-state index contributed by atoms with van der Waals surface area (Å²) in [4.78, 5) is 36.9. The number of rotatable bonds is 10. The molecule has 0 spiro atoms. The predicted molar refractivity (Wildman–Crippen MR) is 102 cm³/mol. The van der Waals surface area contributed by atoms with Gasteiger partial charge >= 0.3 is 5.97 Å². The Hall–Kier alpha value is -2.45. The Kier molecular flexibility index (Phi) is 9.61. The molecule has 0 saturated heterocycles. The van der Waals surface area contributed by atoms with Crippen LogP contribution in [0.15, 0.2) is 30.3 Å². The molecule has 2 amide bonds. The summed E-state index contributed by atoms with van der Waals surface area (Å²) >= 11 is 0. The molecule has 0 fully saturated rings. The average Bonchev–Trinajstić information content (AvgIpc) is 2.64. The van der Waals surface area contributed by atoms with E-state index in [1.165, 1.54) is 5.48 Å². The SMILES string of the molecule is CC(C)CC(C(=O)NC(Cc1ccccc1)C(=O)OC(C)C)C(O)C(=O)NO. The number of ether oxygens (including phenoxy) is 1. The molecule has 1 aromatic carbocycles. The van der Waals surface area contributed by atoms with Gasteiger partial charge in [-0.25, -0.2) is 10.3 Å². The molecule has 28 heavy (non-hydrogen) atoms. The maximum Gasteiger partial charge on any atom is 0.329 e. The van der Waals surface area contributed by atoms with Gasteiger partial charge in [0.2, 0.25) is 5.91 Å². The van der Waals surface area contributed by atoms with E-state index in [1.54, 1.807) is 13.8 Å². The van der Waals surface area contributed by atoms with Crippen LogP contribution in [0.1, 0.15) is 39.7 Å². The summed E-state index contributed by atoms with van der Waals surface area (Å²) in [6.07, 6.45) is -1.71. The molecule has 0 aliphatic rings. The first-order valence-corrected chi connectivity index (χ1v) is 9.32. The summed E-state index contributed by atoms with van der Waals surface area (Å²) in [5, 5.41) is 21.5. The van der Waals surface area contributed by atoms with Crippen molar-refractivity contribution in [1.29, 1.82) is 0 Å². The molecule has 0 aromatic heterocycles. The third-order valence-electron chi connectivity index (χ3n) is 4.06. The van der Waals surface area contributed by atoms with Crippen molar-refractivity contribution in [2.75, 3.05) is 0 Å². The summed E-state index contributed by atoms with van der Waals surface area (Å²) < 4.78 is 5.24. The van der Waals surface area contributed by atoms with Crippen molar-refractivity contribution in [1.82, 2.24) is 10.8 Å². The molecule has 0 bridgehead atoms. The van der Waals surface area contributed by atoms with Gasteiger partial charge in [-0.15, -0.1) is 0 Å². The van der Waals surface area contributed by atoms with Gasteiger partial charge in [0.25, 0.3) is 5.91 Å². The smallest absolute Gasteiger partial charge is 0.329 e. The van der Waals surface area contributed by atoms with Crippen molar-refractivity contribution < 1.29 is 29.4 Å². The molecule has 0 saturated carbocycles. The van der Waals surface area contributed by atoms with Gasteiger partial charge in [-0.3, -0.25) is 14.8 Å². The van der Waals surface area contributed by atoms with Gasteiger partial charge in [0.15, 0.2) is 0 Å². The second-order valence-corrected chi connectivity index (χ2v) is 7.39. The number of hydrogen-bond donors (Lipinski definition) is 4. The standard InChI is InChI=1S/C20H30N2O6/c1-12(2)10-15(17(23)19(25)22-27)18(24)21-16(20(26)28-13(3)4)11-14-8-6-5-7-9-14/h5-9,12-13,15-17,23,27H,10-11H2,1-4H3,(H,21,24)(H,22,25). The fourth-order valence-electron chi connectivity index (χ4n) is 2.77. The van der Waals surface area contributed by atoms with E-state index < -0.39 is 35.8 Å². The first kappa shape index (κ1) is 23.6. The lowest BCUT2D eigenvalue weighted by molar-refractivity contribution is -0.153. The minimum Gasteiger partial charge on any atom is -0.461 e. The van der Waals surface area contributed by atoms with Gasteiger partial charge in [0.1, 0.15) is 12.1 Å². The topological polar surface area (TPSA) is 125 Å². The van der Waals surface area contributed by atoms with Crippen LogP contribution in [-0.4, -0.2) is 46.3 Å². The largest absolute Gasteiger partial charge is 0.461 e. The Bertz CT molecular complexity index is 647. The van der Waals surface area contributed by atoms with Crippen LogP contribution in [-0.2, 0) is 25.5 Å².